The molecule has 0 saturated heterocycles. The molecule has 1 rings (SSSR count). The van der Waals surface area contributed by atoms with E-state index in [0.717, 1.165) is 0 Å². The lowest BCUT2D eigenvalue weighted by atomic mass is 9.98. The van der Waals surface area contributed by atoms with E-state index in [-0.39, 0.29) is 5.41 Å². The SMILES string of the molecule is CC(C)(CS)COC(=O)Oc1ccccc1. The highest BCUT2D eigenvalue weighted by Crippen LogP contribution is 2.17. The van der Waals surface area contributed by atoms with E-state index in [0.29, 0.717) is 18.1 Å². The lowest BCUT2D eigenvalue weighted by molar-refractivity contribution is 0.0698. The van der Waals surface area contributed by atoms with Gasteiger partial charge in [-0.25, -0.2) is 4.79 Å². The largest absolute Gasteiger partial charge is 0.513 e. The highest BCUT2D eigenvalue weighted by Gasteiger charge is 2.19. The fourth-order valence-corrected chi connectivity index (χ4v) is 1.01. The van der Waals surface area contributed by atoms with Crippen molar-refractivity contribution < 1.29 is 14.3 Å². The fraction of sp³-hybridized carbons (Fsp3) is 0.417. The molecule has 0 fully saturated rings. The minimum absolute atomic E-state index is 0.140. The van der Waals surface area contributed by atoms with E-state index in [9.17, 15) is 4.79 Å². The standard InChI is InChI=1S/C12H16O3S/c1-12(2,9-16)8-14-11(13)15-10-6-4-3-5-7-10/h3-7,16H,8-9H2,1-2H3. The summed E-state index contributed by atoms with van der Waals surface area (Å²) in [7, 11) is 0. The zero-order chi connectivity index (χ0) is 12.0. The van der Waals surface area contributed by atoms with Crippen LogP contribution in [0.1, 0.15) is 13.8 Å². The van der Waals surface area contributed by atoms with Crippen molar-refractivity contribution in [2.24, 2.45) is 5.41 Å². The number of rotatable bonds is 4. The van der Waals surface area contributed by atoms with Gasteiger partial charge in [-0.3, -0.25) is 0 Å². The van der Waals surface area contributed by atoms with Crippen LogP contribution >= 0.6 is 12.6 Å². The molecule has 0 unspecified atom stereocenters. The normalized spacial score (nSPS) is 10.9. The topological polar surface area (TPSA) is 35.5 Å². The number of carbonyl (C=O) groups is 1. The monoisotopic (exact) mass is 240 g/mol. The van der Waals surface area contributed by atoms with E-state index in [4.69, 9.17) is 9.47 Å². The zero-order valence-electron chi connectivity index (χ0n) is 9.47. The molecule has 0 aliphatic heterocycles. The molecule has 0 heterocycles. The van der Waals surface area contributed by atoms with Crippen LogP contribution in [0.3, 0.4) is 0 Å². The molecular weight excluding hydrogens is 224 g/mol. The number of para-hydroxylation sites is 1. The van der Waals surface area contributed by atoms with Crippen molar-refractivity contribution in [3.63, 3.8) is 0 Å². The van der Waals surface area contributed by atoms with Crippen molar-refractivity contribution in [2.75, 3.05) is 12.4 Å². The van der Waals surface area contributed by atoms with Gasteiger partial charge in [-0.15, -0.1) is 0 Å². The van der Waals surface area contributed by atoms with E-state index in [1.165, 1.54) is 0 Å². The van der Waals surface area contributed by atoms with Crippen LogP contribution in [0.5, 0.6) is 5.75 Å². The van der Waals surface area contributed by atoms with Gasteiger partial charge in [0.25, 0.3) is 0 Å². The summed E-state index contributed by atoms with van der Waals surface area (Å²) < 4.78 is 9.96. The molecule has 0 spiro atoms. The highest BCUT2D eigenvalue weighted by atomic mass is 32.1. The third-order valence-corrected chi connectivity index (χ3v) is 2.81. The average Bonchev–Trinajstić information content (AvgIpc) is 2.28. The van der Waals surface area contributed by atoms with E-state index < -0.39 is 6.16 Å². The van der Waals surface area contributed by atoms with Gasteiger partial charge in [0.1, 0.15) is 12.4 Å². The summed E-state index contributed by atoms with van der Waals surface area (Å²) in [6.45, 7) is 4.23. The van der Waals surface area contributed by atoms with Gasteiger partial charge in [0, 0.05) is 5.41 Å². The van der Waals surface area contributed by atoms with Crippen LogP contribution in [-0.2, 0) is 4.74 Å². The average molecular weight is 240 g/mol. The van der Waals surface area contributed by atoms with Crippen LogP contribution in [0, 0.1) is 5.41 Å². The Hall–Kier alpha value is -1.16. The summed E-state index contributed by atoms with van der Waals surface area (Å²) in [6.07, 6.45) is -0.680. The first-order chi connectivity index (χ1) is 7.53. The fourth-order valence-electron chi connectivity index (χ4n) is 0.914. The molecule has 0 bridgehead atoms. The van der Waals surface area contributed by atoms with Gasteiger partial charge in [-0.05, 0) is 17.9 Å². The van der Waals surface area contributed by atoms with Crippen LogP contribution in [0.15, 0.2) is 30.3 Å². The molecular formula is C12H16O3S. The lowest BCUT2D eigenvalue weighted by Gasteiger charge is -2.20. The van der Waals surface area contributed by atoms with Crippen molar-refractivity contribution >= 4 is 18.8 Å². The van der Waals surface area contributed by atoms with Gasteiger partial charge in [0.2, 0.25) is 0 Å². The Morgan fingerprint density at radius 1 is 1.31 bits per heavy atom. The smallest absolute Gasteiger partial charge is 0.433 e. The summed E-state index contributed by atoms with van der Waals surface area (Å²) >= 11 is 4.17. The summed E-state index contributed by atoms with van der Waals surface area (Å²) in [4.78, 5) is 11.3. The van der Waals surface area contributed by atoms with Gasteiger partial charge in [0.15, 0.2) is 0 Å². The maximum Gasteiger partial charge on any atom is 0.513 e. The number of hydrogen-bond acceptors (Lipinski definition) is 4. The first kappa shape index (κ1) is 12.9. The Morgan fingerprint density at radius 3 is 2.50 bits per heavy atom. The maximum atomic E-state index is 11.3. The predicted octanol–water partition coefficient (Wildman–Crippen LogP) is 3.16. The minimum Gasteiger partial charge on any atom is -0.433 e. The molecule has 4 heteroatoms. The van der Waals surface area contributed by atoms with Gasteiger partial charge < -0.3 is 9.47 Å². The third kappa shape index (κ3) is 4.57. The molecule has 1 aromatic rings. The second-order valence-electron chi connectivity index (χ2n) is 4.28. The second-order valence-corrected chi connectivity index (χ2v) is 4.59. The number of ether oxygens (including phenoxy) is 2. The summed E-state index contributed by atoms with van der Waals surface area (Å²) in [6, 6.07) is 8.83. The van der Waals surface area contributed by atoms with E-state index in [1.54, 1.807) is 24.3 Å². The lowest BCUT2D eigenvalue weighted by Crippen LogP contribution is -2.24. The number of carbonyl (C=O) groups excluding carboxylic acids is 1. The van der Waals surface area contributed by atoms with E-state index >= 15 is 0 Å². The Bertz CT molecular complexity index is 335. The highest BCUT2D eigenvalue weighted by molar-refractivity contribution is 7.80. The molecule has 3 nitrogen and oxygen atoms in total. The van der Waals surface area contributed by atoms with Gasteiger partial charge in [0.05, 0.1) is 0 Å². The van der Waals surface area contributed by atoms with Crippen LogP contribution in [0.2, 0.25) is 0 Å². The summed E-state index contributed by atoms with van der Waals surface area (Å²) in [5, 5.41) is 0. The van der Waals surface area contributed by atoms with Crippen molar-refractivity contribution in [1.29, 1.82) is 0 Å². The summed E-state index contributed by atoms with van der Waals surface area (Å²) in [5.41, 5.74) is -0.140. The van der Waals surface area contributed by atoms with Crippen LogP contribution in [0.25, 0.3) is 0 Å². The van der Waals surface area contributed by atoms with Gasteiger partial charge in [-0.2, -0.15) is 12.6 Å². The second kappa shape index (κ2) is 5.80. The molecule has 0 atom stereocenters. The van der Waals surface area contributed by atoms with E-state index in [1.807, 2.05) is 19.9 Å². The predicted molar refractivity (Wildman–Crippen MR) is 66.1 cm³/mol. The zero-order valence-corrected chi connectivity index (χ0v) is 10.4. The molecule has 0 amide bonds. The maximum absolute atomic E-state index is 11.3. The first-order valence-corrected chi connectivity index (χ1v) is 5.67. The van der Waals surface area contributed by atoms with Crippen LogP contribution < -0.4 is 4.74 Å². The van der Waals surface area contributed by atoms with Crippen molar-refractivity contribution in [3.05, 3.63) is 30.3 Å². The Balaban J connectivity index is 2.38. The minimum atomic E-state index is -0.680. The number of thiol groups is 1. The van der Waals surface area contributed by atoms with Crippen molar-refractivity contribution in [1.82, 2.24) is 0 Å². The van der Waals surface area contributed by atoms with Crippen LogP contribution in [0.4, 0.5) is 4.79 Å². The summed E-state index contributed by atoms with van der Waals surface area (Å²) in [5.74, 6) is 1.13. The molecule has 88 valence electrons. The molecule has 0 saturated carbocycles. The van der Waals surface area contributed by atoms with Gasteiger partial charge >= 0.3 is 6.16 Å². The quantitative estimate of drug-likeness (QED) is 0.499. The molecule has 0 aliphatic rings. The van der Waals surface area contributed by atoms with E-state index in [2.05, 4.69) is 12.6 Å². The first-order valence-electron chi connectivity index (χ1n) is 5.04. The molecule has 16 heavy (non-hydrogen) atoms. The van der Waals surface area contributed by atoms with Crippen LogP contribution in [-0.4, -0.2) is 18.5 Å². The molecule has 0 aliphatic carbocycles. The number of benzene rings is 1. The Labute approximate surface area is 101 Å². The Morgan fingerprint density at radius 2 is 1.94 bits per heavy atom. The molecule has 0 aromatic heterocycles. The van der Waals surface area contributed by atoms with Crippen molar-refractivity contribution in [2.45, 2.75) is 13.8 Å². The van der Waals surface area contributed by atoms with Crippen molar-refractivity contribution in [3.8, 4) is 5.75 Å². The molecule has 1 aromatic carbocycles. The molecule has 0 N–H and O–H groups in total. The number of hydrogen-bond donors (Lipinski definition) is 1. The molecule has 0 radical (unpaired) electrons. The third-order valence-electron chi connectivity index (χ3n) is 1.95. The Kier molecular flexibility index (Phi) is 4.68. The van der Waals surface area contributed by atoms with Gasteiger partial charge in [-0.1, -0.05) is 32.0 Å².